The zero-order valence-electron chi connectivity index (χ0n) is 13.8. The minimum absolute atomic E-state index is 0.0235. The van der Waals surface area contributed by atoms with E-state index in [1.165, 1.54) is 31.5 Å². The van der Waals surface area contributed by atoms with E-state index in [0.29, 0.717) is 25.3 Å². The second-order valence-corrected chi connectivity index (χ2v) is 8.95. The molecule has 1 aromatic rings. The van der Waals surface area contributed by atoms with Gasteiger partial charge in [0.05, 0.1) is 0 Å². The fraction of sp³-hybridized carbons (Fsp3) is 0.889. The molecule has 5 aliphatic carbocycles. The molecule has 5 aliphatic rings. The van der Waals surface area contributed by atoms with Gasteiger partial charge in [0.2, 0.25) is 6.43 Å². The molecule has 0 aromatic carbocycles. The first-order valence-electron chi connectivity index (χ1n) is 9.22. The highest BCUT2D eigenvalue weighted by Gasteiger charge is 2.57. The van der Waals surface area contributed by atoms with Crippen LogP contribution in [0.5, 0.6) is 0 Å². The zero-order valence-corrected chi connectivity index (χ0v) is 13.8. The van der Waals surface area contributed by atoms with Crippen molar-refractivity contribution in [3.63, 3.8) is 0 Å². The van der Waals surface area contributed by atoms with Crippen LogP contribution >= 0.6 is 0 Å². The molecule has 5 fully saturated rings. The van der Waals surface area contributed by atoms with Crippen LogP contribution in [0, 0.1) is 5.41 Å². The standard InChI is InChI=1S/C18H25F2N3/c1-16(4-5-16)14-21-22-15(23(14)12-2-3-12)18-9-6-17(7-10-18,8-11-18)13(19)20/h12-13H,2-11H2,1H3. The number of rotatable bonds is 4. The van der Waals surface area contributed by atoms with Gasteiger partial charge in [-0.2, -0.15) is 0 Å². The van der Waals surface area contributed by atoms with Crippen LogP contribution < -0.4 is 0 Å². The fourth-order valence-electron chi connectivity index (χ4n) is 5.03. The lowest BCUT2D eigenvalue weighted by molar-refractivity contribution is -0.0866. The Morgan fingerprint density at radius 2 is 1.48 bits per heavy atom. The molecule has 0 unspecified atom stereocenters. The molecule has 0 N–H and O–H groups in total. The zero-order chi connectivity index (χ0) is 15.9. The van der Waals surface area contributed by atoms with Gasteiger partial charge in [0, 0.05) is 22.3 Å². The number of hydrogen-bond donors (Lipinski definition) is 0. The molecule has 3 nitrogen and oxygen atoms in total. The molecular weight excluding hydrogens is 296 g/mol. The topological polar surface area (TPSA) is 30.7 Å². The minimum atomic E-state index is -2.16. The summed E-state index contributed by atoms with van der Waals surface area (Å²) in [5, 5.41) is 9.28. The molecule has 2 bridgehead atoms. The van der Waals surface area contributed by atoms with E-state index >= 15 is 0 Å². The van der Waals surface area contributed by atoms with E-state index in [0.717, 1.165) is 25.1 Å². The molecule has 0 amide bonds. The molecule has 0 radical (unpaired) electrons. The third kappa shape index (κ3) is 1.91. The van der Waals surface area contributed by atoms with Gasteiger partial charge in [0.25, 0.3) is 0 Å². The van der Waals surface area contributed by atoms with Gasteiger partial charge in [-0.25, -0.2) is 8.78 Å². The van der Waals surface area contributed by atoms with Gasteiger partial charge in [-0.15, -0.1) is 10.2 Å². The molecule has 5 saturated carbocycles. The van der Waals surface area contributed by atoms with Crippen molar-refractivity contribution in [2.75, 3.05) is 0 Å². The van der Waals surface area contributed by atoms with Crippen LogP contribution in [-0.2, 0) is 10.8 Å². The number of nitrogens with zero attached hydrogens (tertiary/aromatic N) is 3. The highest BCUT2D eigenvalue weighted by molar-refractivity contribution is 5.25. The third-order valence-electron chi connectivity index (χ3n) is 7.39. The van der Waals surface area contributed by atoms with E-state index in [-0.39, 0.29) is 10.8 Å². The summed E-state index contributed by atoms with van der Waals surface area (Å²) < 4.78 is 29.4. The largest absolute Gasteiger partial charge is 0.311 e. The van der Waals surface area contributed by atoms with Crippen LogP contribution in [0.1, 0.15) is 88.8 Å². The van der Waals surface area contributed by atoms with Crippen molar-refractivity contribution in [3.05, 3.63) is 11.6 Å². The molecule has 5 heteroatoms. The first-order chi connectivity index (χ1) is 11.0. The fourth-order valence-corrected chi connectivity index (χ4v) is 5.03. The Morgan fingerprint density at radius 1 is 0.913 bits per heavy atom. The summed E-state index contributed by atoms with van der Waals surface area (Å²) in [4.78, 5) is 0. The first-order valence-corrected chi connectivity index (χ1v) is 9.22. The normalized spacial score (nSPS) is 38.3. The van der Waals surface area contributed by atoms with Gasteiger partial charge in [-0.1, -0.05) is 6.92 Å². The van der Waals surface area contributed by atoms with Crippen molar-refractivity contribution in [2.45, 2.75) is 94.4 Å². The van der Waals surface area contributed by atoms with E-state index in [4.69, 9.17) is 0 Å². The van der Waals surface area contributed by atoms with Gasteiger partial charge in [0.15, 0.2) is 0 Å². The van der Waals surface area contributed by atoms with Crippen molar-refractivity contribution >= 4 is 0 Å². The monoisotopic (exact) mass is 321 g/mol. The molecule has 0 aliphatic heterocycles. The van der Waals surface area contributed by atoms with E-state index in [9.17, 15) is 8.78 Å². The van der Waals surface area contributed by atoms with Gasteiger partial charge < -0.3 is 4.57 Å². The Hall–Kier alpha value is -1.00. The SMILES string of the molecule is CC1(c2nnc(C34CCC(C(F)F)(CC3)CC4)n2C2CC2)CC1. The maximum atomic E-state index is 13.5. The van der Waals surface area contributed by atoms with Crippen molar-refractivity contribution in [1.82, 2.24) is 14.8 Å². The quantitative estimate of drug-likeness (QED) is 0.816. The van der Waals surface area contributed by atoms with Gasteiger partial charge >= 0.3 is 0 Å². The van der Waals surface area contributed by atoms with E-state index < -0.39 is 11.8 Å². The Bertz CT molecular complexity index is 618. The van der Waals surface area contributed by atoms with Crippen LogP contribution in [0.3, 0.4) is 0 Å². The van der Waals surface area contributed by atoms with Crippen LogP contribution in [0.25, 0.3) is 0 Å². The van der Waals surface area contributed by atoms with Crippen LogP contribution in [0.4, 0.5) is 8.78 Å². The number of aromatic nitrogens is 3. The lowest BCUT2D eigenvalue weighted by atomic mass is 9.53. The predicted octanol–water partition coefficient (Wildman–Crippen LogP) is 4.52. The summed E-state index contributed by atoms with van der Waals surface area (Å²) in [7, 11) is 0. The molecule has 126 valence electrons. The van der Waals surface area contributed by atoms with Crippen molar-refractivity contribution in [2.24, 2.45) is 5.41 Å². The molecule has 6 rings (SSSR count). The lowest BCUT2D eigenvalue weighted by Gasteiger charge is -2.52. The molecular formula is C18H25F2N3. The second-order valence-electron chi connectivity index (χ2n) is 8.95. The highest BCUT2D eigenvalue weighted by atomic mass is 19.3. The van der Waals surface area contributed by atoms with E-state index in [2.05, 4.69) is 21.7 Å². The summed E-state index contributed by atoms with van der Waals surface area (Å²) >= 11 is 0. The van der Waals surface area contributed by atoms with E-state index in [1.807, 2.05) is 0 Å². The molecule has 1 heterocycles. The van der Waals surface area contributed by atoms with E-state index in [1.54, 1.807) is 0 Å². The molecule has 0 spiro atoms. The number of fused-ring (bicyclic) bond motifs is 3. The van der Waals surface area contributed by atoms with Crippen molar-refractivity contribution in [1.29, 1.82) is 0 Å². The minimum Gasteiger partial charge on any atom is -0.311 e. The predicted molar refractivity (Wildman–Crippen MR) is 82.7 cm³/mol. The lowest BCUT2D eigenvalue weighted by Crippen LogP contribution is -2.48. The number of hydrogen-bond acceptors (Lipinski definition) is 2. The van der Waals surface area contributed by atoms with Gasteiger partial charge in [-0.3, -0.25) is 0 Å². The van der Waals surface area contributed by atoms with Crippen molar-refractivity contribution < 1.29 is 8.78 Å². The summed E-state index contributed by atoms with van der Waals surface area (Å²) in [6.45, 7) is 2.29. The summed E-state index contributed by atoms with van der Waals surface area (Å²) in [6, 6.07) is 0.575. The van der Waals surface area contributed by atoms with Gasteiger partial charge in [0.1, 0.15) is 11.6 Å². The number of alkyl halides is 2. The average Bonchev–Trinajstić information content (AvgIpc) is 3.49. The second kappa shape index (κ2) is 4.34. The van der Waals surface area contributed by atoms with Crippen molar-refractivity contribution in [3.8, 4) is 0 Å². The smallest absolute Gasteiger partial charge is 0.244 e. The maximum Gasteiger partial charge on any atom is 0.244 e. The third-order valence-corrected chi connectivity index (χ3v) is 7.39. The first kappa shape index (κ1) is 14.4. The van der Waals surface area contributed by atoms with Crippen LogP contribution in [0.15, 0.2) is 0 Å². The Labute approximate surface area is 135 Å². The van der Waals surface area contributed by atoms with Gasteiger partial charge in [-0.05, 0) is 64.2 Å². The summed E-state index contributed by atoms with van der Waals surface area (Å²) in [6.07, 6.45) is 7.31. The maximum absolute atomic E-state index is 13.5. The molecule has 0 saturated heterocycles. The molecule has 1 aromatic heterocycles. The van der Waals surface area contributed by atoms with Crippen LogP contribution in [-0.4, -0.2) is 21.2 Å². The summed E-state index contributed by atoms with van der Waals surface area (Å²) in [5.74, 6) is 2.33. The highest BCUT2D eigenvalue weighted by Crippen LogP contribution is 2.61. The Balaban J connectivity index is 1.53. The van der Waals surface area contributed by atoms with Crippen LogP contribution in [0.2, 0.25) is 0 Å². The number of halogens is 2. The molecule has 0 atom stereocenters. The average molecular weight is 321 g/mol. The Kier molecular flexibility index (Phi) is 2.71. The molecule has 23 heavy (non-hydrogen) atoms. The summed E-state index contributed by atoms with van der Waals surface area (Å²) in [5.41, 5.74) is -0.451. The Morgan fingerprint density at radius 3 is 1.96 bits per heavy atom.